The van der Waals surface area contributed by atoms with Crippen LogP contribution in [-0.4, -0.2) is 23.7 Å². The Morgan fingerprint density at radius 2 is 2.35 bits per heavy atom. The predicted molar refractivity (Wildman–Crippen MR) is 62.9 cm³/mol. The van der Waals surface area contributed by atoms with E-state index in [-0.39, 0.29) is 6.61 Å². The summed E-state index contributed by atoms with van der Waals surface area (Å²) in [5.74, 6) is 0. The van der Waals surface area contributed by atoms with Crippen LogP contribution in [0.15, 0.2) is 24.3 Å². The van der Waals surface area contributed by atoms with Crippen LogP contribution in [0.3, 0.4) is 0 Å². The fourth-order valence-corrected chi connectivity index (χ4v) is 1.17. The van der Waals surface area contributed by atoms with Crippen molar-refractivity contribution < 1.29 is 14.5 Å². The molecule has 0 saturated carbocycles. The number of benzene rings is 1. The van der Waals surface area contributed by atoms with Crippen molar-refractivity contribution in [1.29, 1.82) is 0 Å². The van der Waals surface area contributed by atoms with Crippen molar-refractivity contribution in [3.63, 3.8) is 0 Å². The highest BCUT2D eigenvalue weighted by Crippen LogP contribution is 2.14. The summed E-state index contributed by atoms with van der Waals surface area (Å²) >= 11 is 5.72. The lowest BCUT2D eigenvalue weighted by atomic mass is 10.3. The number of ether oxygens (including phenoxy) is 1. The number of nitrogens with zero attached hydrogens (tertiary/aromatic N) is 1. The fourth-order valence-electron chi connectivity index (χ4n) is 0.977. The SMILES string of the molecule is CC(COC(=O)Nc1cccc(Cl)c1)[N+](=O)[O-]. The van der Waals surface area contributed by atoms with Gasteiger partial charge in [0.15, 0.2) is 6.61 Å². The molecule has 1 unspecified atom stereocenters. The predicted octanol–water partition coefficient (Wildman–Crippen LogP) is 2.55. The summed E-state index contributed by atoms with van der Waals surface area (Å²) in [5, 5.41) is 13.2. The van der Waals surface area contributed by atoms with Crippen LogP contribution in [0.1, 0.15) is 6.92 Å². The molecular formula is C10H11ClN2O4. The Bertz CT molecular complexity index is 425. The molecule has 1 atom stereocenters. The average molecular weight is 259 g/mol. The van der Waals surface area contributed by atoms with Crippen LogP contribution < -0.4 is 5.32 Å². The molecule has 1 rings (SSSR count). The van der Waals surface area contributed by atoms with Gasteiger partial charge in [0.05, 0.1) is 0 Å². The molecule has 1 N–H and O–H groups in total. The normalized spacial score (nSPS) is 11.6. The highest BCUT2D eigenvalue weighted by atomic mass is 35.5. The van der Waals surface area contributed by atoms with Gasteiger partial charge in [-0.3, -0.25) is 15.4 Å². The second kappa shape index (κ2) is 6.05. The summed E-state index contributed by atoms with van der Waals surface area (Å²) in [6.45, 7) is 1.08. The van der Waals surface area contributed by atoms with Gasteiger partial charge in [0.25, 0.3) is 0 Å². The highest BCUT2D eigenvalue weighted by molar-refractivity contribution is 6.30. The third kappa shape index (κ3) is 4.69. The van der Waals surface area contributed by atoms with Crippen LogP contribution >= 0.6 is 11.6 Å². The highest BCUT2D eigenvalue weighted by Gasteiger charge is 2.15. The van der Waals surface area contributed by atoms with Crippen LogP contribution in [0.4, 0.5) is 10.5 Å². The minimum Gasteiger partial charge on any atom is -0.442 e. The van der Waals surface area contributed by atoms with Crippen LogP contribution in [-0.2, 0) is 4.74 Å². The van der Waals surface area contributed by atoms with Gasteiger partial charge in [0.2, 0.25) is 6.04 Å². The zero-order valence-corrected chi connectivity index (χ0v) is 9.81. The zero-order valence-electron chi connectivity index (χ0n) is 9.05. The van der Waals surface area contributed by atoms with E-state index >= 15 is 0 Å². The number of hydrogen-bond donors (Lipinski definition) is 1. The first-order valence-corrected chi connectivity index (χ1v) is 5.19. The number of carbonyl (C=O) groups is 1. The molecule has 0 saturated heterocycles. The maximum Gasteiger partial charge on any atom is 0.411 e. The quantitative estimate of drug-likeness (QED) is 0.665. The Morgan fingerprint density at radius 3 is 2.94 bits per heavy atom. The van der Waals surface area contributed by atoms with Crippen molar-refractivity contribution in [2.45, 2.75) is 13.0 Å². The van der Waals surface area contributed by atoms with Crippen molar-refractivity contribution in [2.24, 2.45) is 0 Å². The summed E-state index contributed by atoms with van der Waals surface area (Å²) in [5.41, 5.74) is 0.469. The molecule has 0 aromatic heterocycles. The van der Waals surface area contributed by atoms with E-state index in [1.54, 1.807) is 24.3 Å². The number of amides is 1. The molecule has 0 heterocycles. The van der Waals surface area contributed by atoms with Crippen molar-refractivity contribution in [3.05, 3.63) is 39.4 Å². The Kier molecular flexibility index (Phi) is 4.71. The molecular weight excluding hydrogens is 248 g/mol. The van der Waals surface area contributed by atoms with Crippen molar-refractivity contribution in [3.8, 4) is 0 Å². The number of hydrogen-bond acceptors (Lipinski definition) is 4. The second-order valence-electron chi connectivity index (χ2n) is 3.37. The van der Waals surface area contributed by atoms with Crippen molar-refractivity contribution >= 4 is 23.4 Å². The van der Waals surface area contributed by atoms with Gasteiger partial charge in [0.1, 0.15) is 0 Å². The Labute approximate surface area is 103 Å². The first-order valence-electron chi connectivity index (χ1n) is 4.82. The molecule has 92 valence electrons. The number of anilines is 1. The topological polar surface area (TPSA) is 81.5 Å². The third-order valence-corrected chi connectivity index (χ3v) is 2.12. The van der Waals surface area contributed by atoms with Crippen LogP contribution in [0.2, 0.25) is 5.02 Å². The molecule has 17 heavy (non-hydrogen) atoms. The maximum atomic E-state index is 11.3. The van der Waals surface area contributed by atoms with Gasteiger partial charge in [-0.25, -0.2) is 4.79 Å². The van der Waals surface area contributed by atoms with Crippen LogP contribution in [0, 0.1) is 10.1 Å². The first kappa shape index (κ1) is 13.2. The molecule has 1 aromatic rings. The Morgan fingerprint density at radius 1 is 1.65 bits per heavy atom. The largest absolute Gasteiger partial charge is 0.442 e. The molecule has 0 aliphatic carbocycles. The number of nitrogens with one attached hydrogen (secondary N) is 1. The van der Waals surface area contributed by atoms with E-state index in [0.717, 1.165) is 0 Å². The molecule has 7 heteroatoms. The van der Waals surface area contributed by atoms with Crippen molar-refractivity contribution in [1.82, 2.24) is 0 Å². The lowest BCUT2D eigenvalue weighted by molar-refractivity contribution is -0.520. The molecule has 0 spiro atoms. The van der Waals surface area contributed by atoms with Gasteiger partial charge < -0.3 is 4.74 Å². The number of carbonyl (C=O) groups excluding carboxylic acids is 1. The summed E-state index contributed by atoms with van der Waals surface area (Å²) < 4.78 is 4.67. The van der Waals surface area contributed by atoms with Gasteiger partial charge in [0, 0.05) is 22.6 Å². The van der Waals surface area contributed by atoms with Gasteiger partial charge in [-0.05, 0) is 18.2 Å². The summed E-state index contributed by atoms with van der Waals surface area (Å²) in [4.78, 5) is 21.0. The standard InChI is InChI=1S/C10H11ClN2O4/c1-7(13(15)16)6-17-10(14)12-9-4-2-3-8(11)5-9/h2-5,7H,6H2,1H3,(H,12,14). The zero-order chi connectivity index (χ0) is 12.8. The lowest BCUT2D eigenvalue weighted by Crippen LogP contribution is -2.25. The van der Waals surface area contributed by atoms with E-state index in [4.69, 9.17) is 11.6 Å². The van der Waals surface area contributed by atoms with Gasteiger partial charge in [-0.1, -0.05) is 17.7 Å². The Hall–Kier alpha value is -1.82. The van der Waals surface area contributed by atoms with Gasteiger partial charge in [-0.15, -0.1) is 0 Å². The molecule has 6 nitrogen and oxygen atoms in total. The molecule has 0 bridgehead atoms. The van der Waals surface area contributed by atoms with Gasteiger partial charge >= 0.3 is 6.09 Å². The monoisotopic (exact) mass is 258 g/mol. The summed E-state index contributed by atoms with van der Waals surface area (Å²) in [6, 6.07) is 5.56. The fraction of sp³-hybridized carbons (Fsp3) is 0.300. The van der Waals surface area contributed by atoms with E-state index in [1.165, 1.54) is 6.92 Å². The van der Waals surface area contributed by atoms with Crippen LogP contribution in [0.25, 0.3) is 0 Å². The minimum atomic E-state index is -0.930. The van der Waals surface area contributed by atoms with E-state index in [2.05, 4.69) is 10.1 Å². The van der Waals surface area contributed by atoms with E-state index < -0.39 is 17.1 Å². The molecule has 0 aliphatic heterocycles. The molecule has 1 amide bonds. The van der Waals surface area contributed by atoms with E-state index in [0.29, 0.717) is 10.7 Å². The molecule has 0 aliphatic rings. The third-order valence-electron chi connectivity index (χ3n) is 1.89. The maximum absolute atomic E-state index is 11.3. The second-order valence-corrected chi connectivity index (χ2v) is 3.80. The summed E-state index contributed by atoms with van der Waals surface area (Å²) in [7, 11) is 0. The van der Waals surface area contributed by atoms with Gasteiger partial charge in [-0.2, -0.15) is 0 Å². The summed E-state index contributed by atoms with van der Waals surface area (Å²) in [6.07, 6.45) is -0.749. The van der Waals surface area contributed by atoms with Crippen molar-refractivity contribution in [2.75, 3.05) is 11.9 Å². The molecule has 1 aromatic carbocycles. The number of rotatable bonds is 4. The van der Waals surface area contributed by atoms with Crippen LogP contribution in [0.5, 0.6) is 0 Å². The Balaban J connectivity index is 2.42. The average Bonchev–Trinajstić information content (AvgIpc) is 2.25. The number of nitro groups is 1. The smallest absolute Gasteiger partial charge is 0.411 e. The minimum absolute atomic E-state index is 0.278. The molecule has 0 fully saturated rings. The number of halogens is 1. The first-order chi connectivity index (χ1) is 7.99. The van der Waals surface area contributed by atoms with E-state index in [1.807, 2.05) is 0 Å². The lowest BCUT2D eigenvalue weighted by Gasteiger charge is -2.07. The molecule has 0 radical (unpaired) electrons. The van der Waals surface area contributed by atoms with E-state index in [9.17, 15) is 14.9 Å².